The highest BCUT2D eigenvalue weighted by Crippen LogP contribution is 2.21. The van der Waals surface area contributed by atoms with Gasteiger partial charge in [0.05, 0.1) is 5.00 Å². The van der Waals surface area contributed by atoms with E-state index in [2.05, 4.69) is 12.2 Å². The number of carbonyl (C=O) groups is 1. The zero-order chi connectivity index (χ0) is 14.6. The van der Waals surface area contributed by atoms with Gasteiger partial charge < -0.3 is 10.4 Å². The Bertz CT molecular complexity index is 376. The van der Waals surface area contributed by atoms with Crippen molar-refractivity contribution in [1.82, 2.24) is 0 Å². The Labute approximate surface area is 126 Å². The van der Waals surface area contributed by atoms with Crippen molar-refractivity contribution in [3.8, 4) is 0 Å². The first-order chi connectivity index (χ1) is 9.74. The van der Waals surface area contributed by atoms with Crippen LogP contribution < -0.4 is 5.32 Å². The number of anilines is 1. The second kappa shape index (κ2) is 10.7. The fraction of sp³-hybridized carbons (Fsp3) is 0.688. The van der Waals surface area contributed by atoms with E-state index in [1.807, 2.05) is 6.07 Å². The average Bonchev–Trinajstić information content (AvgIpc) is 2.90. The van der Waals surface area contributed by atoms with Crippen molar-refractivity contribution in [3.05, 3.63) is 17.0 Å². The standard InChI is InChI=1S/C16H27NO2S/c1-2-3-4-5-6-7-8-9-10-13-17-15-12-11-14(20-15)16(18)19/h11-12,17H,2-10,13H2,1H3,(H,18,19). The summed E-state index contributed by atoms with van der Waals surface area (Å²) in [6.45, 7) is 3.19. The first kappa shape index (κ1) is 17.0. The summed E-state index contributed by atoms with van der Waals surface area (Å²) in [6.07, 6.45) is 11.9. The highest BCUT2D eigenvalue weighted by molar-refractivity contribution is 7.17. The van der Waals surface area contributed by atoms with Crippen LogP contribution in [-0.2, 0) is 0 Å². The van der Waals surface area contributed by atoms with Crippen LogP contribution in [0, 0.1) is 0 Å². The van der Waals surface area contributed by atoms with Crippen molar-refractivity contribution in [2.45, 2.75) is 64.7 Å². The summed E-state index contributed by atoms with van der Waals surface area (Å²) in [6, 6.07) is 3.51. The summed E-state index contributed by atoms with van der Waals surface area (Å²) >= 11 is 1.31. The maximum Gasteiger partial charge on any atom is 0.345 e. The van der Waals surface area contributed by atoms with Crippen molar-refractivity contribution in [2.75, 3.05) is 11.9 Å². The first-order valence-corrected chi connectivity index (χ1v) is 8.62. The third-order valence-electron chi connectivity index (χ3n) is 3.40. The van der Waals surface area contributed by atoms with Crippen molar-refractivity contribution in [3.63, 3.8) is 0 Å². The Balaban J connectivity index is 1.93. The third-order valence-corrected chi connectivity index (χ3v) is 4.43. The fourth-order valence-electron chi connectivity index (χ4n) is 2.20. The Morgan fingerprint density at radius 2 is 1.65 bits per heavy atom. The molecule has 0 aromatic carbocycles. The van der Waals surface area contributed by atoms with Gasteiger partial charge in [-0.1, -0.05) is 58.3 Å². The number of unbranched alkanes of at least 4 members (excludes halogenated alkanes) is 8. The Kier molecular flexibility index (Phi) is 9.13. The van der Waals surface area contributed by atoms with Gasteiger partial charge in [-0.3, -0.25) is 0 Å². The van der Waals surface area contributed by atoms with Crippen molar-refractivity contribution >= 4 is 22.3 Å². The number of carboxylic acids is 1. The molecule has 1 aromatic rings. The van der Waals surface area contributed by atoms with Crippen molar-refractivity contribution in [1.29, 1.82) is 0 Å². The minimum atomic E-state index is -0.842. The van der Waals surface area contributed by atoms with Gasteiger partial charge in [0, 0.05) is 6.54 Å². The van der Waals surface area contributed by atoms with E-state index < -0.39 is 5.97 Å². The Morgan fingerprint density at radius 1 is 1.05 bits per heavy atom. The van der Waals surface area contributed by atoms with Crippen LogP contribution in [0.25, 0.3) is 0 Å². The van der Waals surface area contributed by atoms with Gasteiger partial charge >= 0.3 is 5.97 Å². The van der Waals surface area contributed by atoms with Crippen LogP contribution >= 0.6 is 11.3 Å². The van der Waals surface area contributed by atoms with E-state index in [1.165, 1.54) is 62.7 Å². The minimum Gasteiger partial charge on any atom is -0.477 e. The molecule has 2 N–H and O–H groups in total. The number of rotatable bonds is 12. The van der Waals surface area contributed by atoms with Gasteiger partial charge in [-0.25, -0.2) is 4.79 Å². The van der Waals surface area contributed by atoms with Gasteiger partial charge in [0.25, 0.3) is 0 Å². The first-order valence-electron chi connectivity index (χ1n) is 7.81. The van der Waals surface area contributed by atoms with E-state index in [9.17, 15) is 4.79 Å². The maximum absolute atomic E-state index is 10.7. The summed E-state index contributed by atoms with van der Waals surface area (Å²) < 4.78 is 0. The minimum absolute atomic E-state index is 0.402. The molecule has 0 radical (unpaired) electrons. The summed E-state index contributed by atoms with van der Waals surface area (Å²) in [4.78, 5) is 11.1. The van der Waals surface area contributed by atoms with Gasteiger partial charge in [0.1, 0.15) is 4.88 Å². The van der Waals surface area contributed by atoms with Gasteiger partial charge in [0.15, 0.2) is 0 Å². The van der Waals surface area contributed by atoms with E-state index in [1.54, 1.807) is 6.07 Å². The smallest absolute Gasteiger partial charge is 0.345 e. The molecule has 114 valence electrons. The van der Waals surface area contributed by atoms with Crippen LogP contribution in [0.15, 0.2) is 12.1 Å². The molecule has 0 aliphatic rings. The van der Waals surface area contributed by atoms with Gasteiger partial charge in [-0.15, -0.1) is 11.3 Å². The predicted octanol–water partition coefficient (Wildman–Crippen LogP) is 5.39. The second-order valence-electron chi connectivity index (χ2n) is 5.22. The lowest BCUT2D eigenvalue weighted by molar-refractivity contribution is 0.0702. The number of aromatic carboxylic acids is 1. The molecule has 0 bridgehead atoms. The molecule has 0 aliphatic heterocycles. The zero-order valence-corrected chi connectivity index (χ0v) is 13.3. The van der Waals surface area contributed by atoms with Crippen LogP contribution in [0.5, 0.6) is 0 Å². The lowest BCUT2D eigenvalue weighted by Crippen LogP contribution is -1.99. The predicted molar refractivity (Wildman–Crippen MR) is 87.0 cm³/mol. The molecule has 1 rings (SSSR count). The topological polar surface area (TPSA) is 49.3 Å². The summed E-state index contributed by atoms with van der Waals surface area (Å²) in [5, 5.41) is 13.1. The molecular formula is C16H27NO2S. The third kappa shape index (κ3) is 7.53. The number of carboxylic acid groups (broad SMARTS) is 1. The van der Waals surface area contributed by atoms with E-state index in [4.69, 9.17) is 5.11 Å². The largest absolute Gasteiger partial charge is 0.477 e. The van der Waals surface area contributed by atoms with Gasteiger partial charge in [-0.05, 0) is 18.6 Å². The lowest BCUT2D eigenvalue weighted by atomic mass is 10.1. The normalized spacial score (nSPS) is 10.7. The molecule has 0 spiro atoms. The summed E-state index contributed by atoms with van der Waals surface area (Å²) in [5.41, 5.74) is 0. The molecule has 3 nitrogen and oxygen atoms in total. The Morgan fingerprint density at radius 3 is 2.20 bits per heavy atom. The summed E-state index contributed by atoms with van der Waals surface area (Å²) in [5.74, 6) is -0.842. The highest BCUT2D eigenvalue weighted by Gasteiger charge is 2.05. The molecular weight excluding hydrogens is 270 g/mol. The van der Waals surface area contributed by atoms with E-state index in [0.717, 1.165) is 18.0 Å². The van der Waals surface area contributed by atoms with Crippen molar-refractivity contribution in [2.24, 2.45) is 0 Å². The molecule has 0 amide bonds. The molecule has 0 unspecified atom stereocenters. The van der Waals surface area contributed by atoms with Gasteiger partial charge in [-0.2, -0.15) is 0 Å². The second-order valence-corrected chi connectivity index (χ2v) is 6.31. The van der Waals surface area contributed by atoms with Crippen LogP contribution in [0.1, 0.15) is 74.4 Å². The van der Waals surface area contributed by atoms with E-state index in [0.29, 0.717) is 4.88 Å². The number of nitrogens with one attached hydrogen (secondary N) is 1. The van der Waals surface area contributed by atoms with Crippen LogP contribution in [0.3, 0.4) is 0 Å². The quantitative estimate of drug-likeness (QED) is 0.509. The molecule has 0 saturated heterocycles. The van der Waals surface area contributed by atoms with Crippen LogP contribution in [-0.4, -0.2) is 17.6 Å². The number of hydrogen-bond donors (Lipinski definition) is 2. The van der Waals surface area contributed by atoms with Crippen LogP contribution in [0.2, 0.25) is 0 Å². The van der Waals surface area contributed by atoms with E-state index in [-0.39, 0.29) is 0 Å². The van der Waals surface area contributed by atoms with E-state index >= 15 is 0 Å². The summed E-state index contributed by atoms with van der Waals surface area (Å²) in [7, 11) is 0. The Hall–Kier alpha value is -1.03. The average molecular weight is 297 g/mol. The fourth-order valence-corrected chi connectivity index (χ4v) is 2.97. The zero-order valence-electron chi connectivity index (χ0n) is 12.5. The molecule has 1 heterocycles. The molecule has 0 aliphatic carbocycles. The monoisotopic (exact) mass is 297 g/mol. The molecule has 20 heavy (non-hydrogen) atoms. The van der Waals surface area contributed by atoms with Crippen molar-refractivity contribution < 1.29 is 9.90 Å². The number of thiophene rings is 1. The molecule has 1 aromatic heterocycles. The molecule has 0 saturated carbocycles. The molecule has 0 fully saturated rings. The maximum atomic E-state index is 10.7. The SMILES string of the molecule is CCCCCCCCCCCNc1ccc(C(=O)O)s1. The number of hydrogen-bond acceptors (Lipinski definition) is 3. The highest BCUT2D eigenvalue weighted by atomic mass is 32.1. The lowest BCUT2D eigenvalue weighted by Gasteiger charge is -2.04. The van der Waals surface area contributed by atoms with Gasteiger partial charge in [0.2, 0.25) is 0 Å². The molecule has 0 atom stereocenters. The molecule has 4 heteroatoms. The van der Waals surface area contributed by atoms with Crippen LogP contribution in [0.4, 0.5) is 5.00 Å².